The van der Waals surface area contributed by atoms with E-state index in [9.17, 15) is 44.1 Å². The molecule has 53 heavy (non-hydrogen) atoms. The maximum absolute atomic E-state index is 13.1. The Kier molecular flexibility index (Phi) is 9.14. The summed E-state index contributed by atoms with van der Waals surface area (Å²) in [6, 6.07) is 12.9. The van der Waals surface area contributed by atoms with Crippen molar-refractivity contribution in [3.63, 3.8) is 0 Å². The number of methoxy groups -OCH3 is 3. The summed E-state index contributed by atoms with van der Waals surface area (Å²) in [5.41, 5.74) is -0.893. The van der Waals surface area contributed by atoms with E-state index in [-0.39, 0.29) is 72.0 Å². The van der Waals surface area contributed by atoms with Crippen LogP contribution in [0.2, 0.25) is 5.02 Å². The van der Waals surface area contributed by atoms with Gasteiger partial charge in [-0.05, 0) is 55.3 Å². The Morgan fingerprint density at radius 1 is 0.698 bits per heavy atom. The maximum atomic E-state index is 13.1. The predicted molar refractivity (Wildman–Crippen MR) is 189 cm³/mol. The maximum Gasteiger partial charge on any atom is 0.344 e. The molecule has 2 aliphatic rings. The lowest BCUT2D eigenvalue weighted by Gasteiger charge is -2.22. The van der Waals surface area contributed by atoms with Gasteiger partial charge < -0.3 is 33.9 Å². The van der Waals surface area contributed by atoms with E-state index in [2.05, 4.69) is 0 Å². The van der Waals surface area contributed by atoms with E-state index in [1.165, 1.54) is 56.7 Å². The van der Waals surface area contributed by atoms with Crippen LogP contribution in [0.1, 0.15) is 79.8 Å². The Hall–Kier alpha value is -6.73. The number of carbonyl (C=O) groups is 5. The number of rotatable bonds is 4. The standard InChI is InChI=1S/C20H15ClO7.C19H12O6/c1-8-7-11(27-2)13(14(16(8)21)20(26)28-3)15-17(23)9-5-4-6-10(22)12(9)18(24)19(15)25;1-8-6-10-14(12(7-8)24-2)15-16(21)9-4-3-5-11(20)13(9)17(22)18(15)25-19(10)23/h4-7,22,25H,1-3H3;3-7,20H,1-2H3. The van der Waals surface area contributed by atoms with Crippen molar-refractivity contribution >= 4 is 57.0 Å². The van der Waals surface area contributed by atoms with Gasteiger partial charge in [0, 0.05) is 22.1 Å². The van der Waals surface area contributed by atoms with E-state index < -0.39 is 51.8 Å². The van der Waals surface area contributed by atoms with E-state index in [1.807, 2.05) is 0 Å². The van der Waals surface area contributed by atoms with Crippen LogP contribution in [-0.2, 0) is 4.74 Å². The summed E-state index contributed by atoms with van der Waals surface area (Å²) < 4.78 is 20.6. The van der Waals surface area contributed by atoms with Crippen LogP contribution in [0.3, 0.4) is 0 Å². The molecule has 1 heterocycles. The van der Waals surface area contributed by atoms with Crippen LogP contribution in [0.4, 0.5) is 0 Å². The van der Waals surface area contributed by atoms with Crippen molar-refractivity contribution in [2.75, 3.05) is 21.3 Å². The highest BCUT2D eigenvalue weighted by Gasteiger charge is 2.40. The van der Waals surface area contributed by atoms with Crippen molar-refractivity contribution < 1.29 is 57.9 Å². The zero-order valence-electron chi connectivity index (χ0n) is 28.5. The highest BCUT2D eigenvalue weighted by molar-refractivity contribution is 6.43. The molecule has 2 aliphatic carbocycles. The van der Waals surface area contributed by atoms with E-state index in [1.54, 1.807) is 26.0 Å². The number of aliphatic hydroxyl groups excluding tert-OH is 1. The monoisotopic (exact) mass is 738 g/mol. The van der Waals surface area contributed by atoms with Gasteiger partial charge in [0.05, 0.1) is 59.6 Å². The van der Waals surface area contributed by atoms with Crippen molar-refractivity contribution in [3.05, 3.63) is 132 Å². The smallest absolute Gasteiger partial charge is 0.344 e. The highest BCUT2D eigenvalue weighted by atomic mass is 35.5. The third-order valence-electron chi connectivity index (χ3n) is 8.77. The molecule has 14 heteroatoms. The fraction of sp³-hybridized carbons (Fsp3) is 0.128. The summed E-state index contributed by atoms with van der Waals surface area (Å²) in [5.74, 6) is -5.53. The molecule has 0 atom stereocenters. The lowest BCUT2D eigenvalue weighted by Crippen LogP contribution is -2.24. The topological polar surface area (TPSA) is 204 Å². The number of ether oxygens (including phenoxy) is 3. The van der Waals surface area contributed by atoms with Crippen LogP contribution in [-0.4, -0.2) is 65.8 Å². The summed E-state index contributed by atoms with van der Waals surface area (Å²) in [5, 5.41) is 30.9. The van der Waals surface area contributed by atoms with Gasteiger partial charge >= 0.3 is 11.6 Å². The lowest BCUT2D eigenvalue weighted by atomic mass is 9.82. The summed E-state index contributed by atoms with van der Waals surface area (Å²) in [6.45, 7) is 3.40. The number of aromatic hydroxyl groups is 2. The Labute approximate surface area is 304 Å². The van der Waals surface area contributed by atoms with Gasteiger partial charge in [-0.15, -0.1) is 0 Å². The van der Waals surface area contributed by atoms with Gasteiger partial charge in [0.1, 0.15) is 23.0 Å². The first-order chi connectivity index (χ1) is 25.2. The van der Waals surface area contributed by atoms with Gasteiger partial charge in [-0.3, -0.25) is 19.2 Å². The van der Waals surface area contributed by atoms with Crippen LogP contribution < -0.4 is 15.1 Å². The number of esters is 1. The van der Waals surface area contributed by atoms with Crippen molar-refractivity contribution in [1.29, 1.82) is 0 Å². The molecule has 0 unspecified atom stereocenters. The molecule has 13 nitrogen and oxygen atoms in total. The molecular weight excluding hydrogens is 712 g/mol. The first-order valence-corrected chi connectivity index (χ1v) is 15.9. The van der Waals surface area contributed by atoms with Gasteiger partial charge in [-0.2, -0.15) is 0 Å². The zero-order chi connectivity index (χ0) is 38.6. The van der Waals surface area contributed by atoms with Gasteiger partial charge in [-0.1, -0.05) is 35.9 Å². The van der Waals surface area contributed by atoms with E-state index >= 15 is 0 Å². The number of carbonyl (C=O) groups excluding carboxylic acids is 5. The largest absolute Gasteiger partial charge is 0.507 e. The highest BCUT2D eigenvalue weighted by Crippen LogP contribution is 2.43. The number of ketones is 4. The molecule has 0 bridgehead atoms. The number of benzene rings is 4. The second-order valence-corrected chi connectivity index (χ2v) is 12.3. The Balaban J connectivity index is 0.000000182. The zero-order valence-corrected chi connectivity index (χ0v) is 29.3. The first kappa shape index (κ1) is 36.1. The number of phenolic OH excluding ortho intramolecular Hbond substituents is 2. The number of allylic oxidation sites excluding steroid dienone is 2. The SMILES string of the molecule is COC(=O)c1c(Cl)c(C)cc(OC)c1C1=C(O)C(=O)c2c(O)cccc2C1=O.COc1cc(C)cc2c(=O)oc3c(c12)C(=O)c1cccc(O)c1C3=O. The van der Waals surface area contributed by atoms with Crippen molar-refractivity contribution in [1.82, 2.24) is 0 Å². The van der Waals surface area contributed by atoms with Crippen LogP contribution in [0.15, 0.2) is 69.6 Å². The molecular formula is C39H27ClO13. The van der Waals surface area contributed by atoms with E-state index in [4.69, 9.17) is 30.2 Å². The molecule has 7 rings (SSSR count). The van der Waals surface area contributed by atoms with Crippen LogP contribution >= 0.6 is 11.6 Å². The van der Waals surface area contributed by atoms with Gasteiger partial charge in [0.2, 0.25) is 11.6 Å². The number of hydrogen-bond acceptors (Lipinski definition) is 13. The van der Waals surface area contributed by atoms with E-state index in [0.717, 1.165) is 12.7 Å². The van der Waals surface area contributed by atoms with Crippen LogP contribution in [0, 0.1) is 13.8 Å². The third kappa shape index (κ3) is 5.58. The van der Waals surface area contributed by atoms with Crippen LogP contribution in [0.5, 0.6) is 23.0 Å². The molecule has 0 spiro atoms. The number of halogens is 1. The summed E-state index contributed by atoms with van der Waals surface area (Å²) in [6.07, 6.45) is 0. The molecule has 0 aliphatic heterocycles. The Bertz CT molecular complexity index is 2590. The molecule has 0 radical (unpaired) electrons. The average molecular weight is 739 g/mol. The van der Waals surface area contributed by atoms with Gasteiger partial charge in [0.15, 0.2) is 23.1 Å². The Morgan fingerprint density at radius 2 is 1.28 bits per heavy atom. The minimum absolute atomic E-state index is 0.00935. The first-order valence-electron chi connectivity index (χ1n) is 15.5. The molecule has 5 aromatic rings. The minimum atomic E-state index is -0.961. The number of phenols is 2. The second-order valence-electron chi connectivity index (χ2n) is 11.9. The Morgan fingerprint density at radius 3 is 1.87 bits per heavy atom. The number of hydrogen-bond donors (Lipinski definition) is 3. The summed E-state index contributed by atoms with van der Waals surface area (Å²) in [7, 11) is 3.86. The molecule has 3 N–H and O–H groups in total. The van der Waals surface area contributed by atoms with Crippen molar-refractivity contribution in [3.8, 4) is 23.0 Å². The number of Topliss-reactive ketones (excluding diaryl/α,β-unsaturated/α-hetero) is 2. The molecule has 0 fully saturated rings. The number of aryl methyl sites for hydroxylation is 2. The van der Waals surface area contributed by atoms with Gasteiger partial charge in [-0.25, -0.2) is 9.59 Å². The number of aliphatic hydroxyl groups is 1. The summed E-state index contributed by atoms with van der Waals surface area (Å²) in [4.78, 5) is 76.3. The normalized spacial score (nSPS) is 13.2. The quantitative estimate of drug-likeness (QED) is 0.176. The second kappa shape index (κ2) is 13.4. The van der Waals surface area contributed by atoms with E-state index in [0.29, 0.717) is 11.3 Å². The molecule has 0 saturated carbocycles. The average Bonchev–Trinajstić information content (AvgIpc) is 3.13. The fourth-order valence-corrected chi connectivity index (χ4v) is 6.60. The van der Waals surface area contributed by atoms with Crippen LogP contribution in [0.25, 0.3) is 16.3 Å². The molecule has 0 amide bonds. The summed E-state index contributed by atoms with van der Waals surface area (Å²) >= 11 is 6.28. The van der Waals surface area contributed by atoms with Crippen molar-refractivity contribution in [2.24, 2.45) is 0 Å². The molecule has 1 aromatic heterocycles. The predicted octanol–water partition coefficient (Wildman–Crippen LogP) is 6.09. The third-order valence-corrected chi connectivity index (χ3v) is 9.25. The molecule has 0 saturated heterocycles. The minimum Gasteiger partial charge on any atom is -0.507 e. The number of fused-ring (bicyclic) bond motifs is 5. The van der Waals surface area contributed by atoms with Crippen molar-refractivity contribution in [2.45, 2.75) is 13.8 Å². The molecule has 4 aromatic carbocycles. The molecule has 268 valence electrons. The lowest BCUT2D eigenvalue weighted by molar-refractivity contribution is 0.0599. The van der Waals surface area contributed by atoms with Gasteiger partial charge in [0.25, 0.3) is 0 Å². The fourth-order valence-electron chi connectivity index (χ4n) is 6.38.